The second-order valence-corrected chi connectivity index (χ2v) is 6.24. The van der Waals surface area contributed by atoms with Crippen molar-refractivity contribution < 1.29 is 14.1 Å². The van der Waals surface area contributed by atoms with E-state index in [1.54, 1.807) is 6.92 Å². The Labute approximate surface area is 91.0 Å². The van der Waals surface area contributed by atoms with Crippen molar-refractivity contribution in [3.05, 3.63) is 0 Å². The molecule has 0 amide bonds. The summed E-state index contributed by atoms with van der Waals surface area (Å²) < 4.78 is 19.3. The Balaban J connectivity index is 4.27. The van der Waals surface area contributed by atoms with Gasteiger partial charge in [-0.1, -0.05) is 20.3 Å². The summed E-state index contributed by atoms with van der Waals surface area (Å²) in [6.45, 7) is 3.58. The third kappa shape index (κ3) is 5.74. The number of aliphatic carboxylic acids is 1. The van der Waals surface area contributed by atoms with Crippen molar-refractivity contribution in [3.63, 3.8) is 0 Å². The molecule has 0 spiro atoms. The normalized spacial score (nSPS) is 19.1. The van der Waals surface area contributed by atoms with Gasteiger partial charge in [-0.15, -0.1) is 0 Å². The van der Waals surface area contributed by atoms with E-state index in [9.17, 15) is 9.00 Å². The molecule has 0 aliphatic heterocycles. The van der Waals surface area contributed by atoms with Gasteiger partial charge >= 0.3 is 5.97 Å². The van der Waals surface area contributed by atoms with Gasteiger partial charge in [-0.25, -0.2) is 4.21 Å². The van der Waals surface area contributed by atoms with Gasteiger partial charge in [0.2, 0.25) is 0 Å². The molecule has 0 aliphatic carbocycles. The van der Waals surface area contributed by atoms with E-state index < -0.39 is 27.7 Å². The Morgan fingerprint density at radius 3 is 2.53 bits per heavy atom. The highest BCUT2D eigenvalue weighted by atomic mass is 32.2. The Morgan fingerprint density at radius 1 is 1.60 bits per heavy atom. The van der Waals surface area contributed by atoms with Gasteiger partial charge in [0.1, 0.15) is 6.04 Å². The molecule has 0 aromatic heterocycles. The van der Waals surface area contributed by atoms with Crippen LogP contribution in [0.25, 0.3) is 0 Å². The lowest BCUT2D eigenvalue weighted by Crippen LogP contribution is -2.39. The van der Waals surface area contributed by atoms with E-state index in [0.717, 1.165) is 12.8 Å². The van der Waals surface area contributed by atoms with Crippen LogP contribution in [0.3, 0.4) is 0 Å². The molecular formula is C9H20N2O3S. The molecule has 0 radical (unpaired) electrons. The number of hydrogen-bond acceptors (Lipinski definition) is 4. The fraction of sp³-hybridized carbons (Fsp3) is 0.889. The molecule has 0 saturated carbocycles. The Kier molecular flexibility index (Phi) is 5.82. The monoisotopic (exact) mass is 236 g/mol. The molecule has 0 aliphatic rings. The summed E-state index contributed by atoms with van der Waals surface area (Å²) in [6.07, 6.45) is 1.62. The van der Waals surface area contributed by atoms with Gasteiger partial charge in [-0.2, -0.15) is 0 Å². The van der Waals surface area contributed by atoms with Crippen LogP contribution in [0.15, 0.2) is 0 Å². The summed E-state index contributed by atoms with van der Waals surface area (Å²) in [6, 6.07) is -1.03. The zero-order chi connectivity index (χ0) is 12.1. The minimum absolute atomic E-state index is 0.0699. The molecule has 0 rings (SSSR count). The van der Waals surface area contributed by atoms with Crippen LogP contribution in [-0.2, 0) is 14.5 Å². The van der Waals surface area contributed by atoms with Crippen molar-refractivity contribution >= 4 is 15.7 Å². The number of carbonyl (C=O) groups is 1. The maximum Gasteiger partial charge on any atom is 0.320 e. The smallest absolute Gasteiger partial charge is 0.320 e. The second-order valence-electron chi connectivity index (χ2n) is 3.88. The van der Waals surface area contributed by atoms with Crippen molar-refractivity contribution in [1.29, 1.82) is 4.78 Å². The Bertz CT molecular complexity index is 300. The Hall–Kier alpha value is -0.620. The van der Waals surface area contributed by atoms with Crippen molar-refractivity contribution in [2.45, 2.75) is 32.7 Å². The first kappa shape index (κ1) is 14.4. The van der Waals surface area contributed by atoms with E-state index in [2.05, 4.69) is 0 Å². The van der Waals surface area contributed by atoms with Crippen molar-refractivity contribution in [2.24, 2.45) is 11.7 Å². The average Bonchev–Trinajstić information content (AvgIpc) is 2.12. The van der Waals surface area contributed by atoms with Crippen LogP contribution in [-0.4, -0.2) is 32.8 Å². The quantitative estimate of drug-likeness (QED) is 0.610. The molecule has 4 N–H and O–H groups in total. The predicted octanol–water partition coefficient (Wildman–Crippen LogP) is 0.881. The number of carboxylic acids is 1. The fourth-order valence-corrected chi connectivity index (χ4v) is 3.21. The summed E-state index contributed by atoms with van der Waals surface area (Å²) in [5.74, 6) is -1.13. The number of unbranched alkanes of at least 4 members (excludes halogenated alkanes) is 1. The zero-order valence-electron chi connectivity index (χ0n) is 9.23. The van der Waals surface area contributed by atoms with E-state index in [1.807, 2.05) is 6.92 Å². The van der Waals surface area contributed by atoms with Gasteiger partial charge < -0.3 is 10.8 Å². The molecule has 0 aromatic rings. The van der Waals surface area contributed by atoms with Gasteiger partial charge in [0.05, 0.1) is 0 Å². The molecule has 0 saturated heterocycles. The molecule has 0 aromatic carbocycles. The number of nitrogens with one attached hydrogen (secondary N) is 1. The third-order valence-electron chi connectivity index (χ3n) is 2.26. The lowest BCUT2D eigenvalue weighted by molar-refractivity contribution is -0.139. The summed E-state index contributed by atoms with van der Waals surface area (Å²) in [5.41, 5.74) is 5.39. The van der Waals surface area contributed by atoms with E-state index in [-0.39, 0.29) is 5.75 Å². The van der Waals surface area contributed by atoms with E-state index in [1.165, 1.54) is 0 Å². The third-order valence-corrected chi connectivity index (χ3v) is 4.27. The highest BCUT2D eigenvalue weighted by Crippen LogP contribution is 2.08. The maximum absolute atomic E-state index is 11.7. The molecule has 6 heteroatoms. The fourth-order valence-electron chi connectivity index (χ4n) is 1.23. The molecular weight excluding hydrogens is 216 g/mol. The van der Waals surface area contributed by atoms with Crippen molar-refractivity contribution in [3.8, 4) is 0 Å². The van der Waals surface area contributed by atoms with Crippen LogP contribution in [0.2, 0.25) is 0 Å². The average molecular weight is 236 g/mol. The molecule has 0 fully saturated rings. The first-order valence-corrected chi connectivity index (χ1v) is 6.92. The SMILES string of the molecule is CCCCS(=N)(=O)CC(C)[C@H](N)C(=O)O. The van der Waals surface area contributed by atoms with E-state index in [4.69, 9.17) is 15.6 Å². The summed E-state index contributed by atoms with van der Waals surface area (Å²) in [4.78, 5) is 10.6. The van der Waals surface area contributed by atoms with Crippen molar-refractivity contribution in [1.82, 2.24) is 0 Å². The van der Waals surface area contributed by atoms with Gasteiger partial charge in [0.25, 0.3) is 0 Å². The molecule has 0 bridgehead atoms. The van der Waals surface area contributed by atoms with Crippen LogP contribution in [0.4, 0.5) is 0 Å². The first-order chi connectivity index (χ1) is 6.80. The van der Waals surface area contributed by atoms with Gasteiger partial charge in [0, 0.05) is 21.2 Å². The van der Waals surface area contributed by atoms with Crippen LogP contribution in [0.1, 0.15) is 26.7 Å². The first-order valence-electron chi connectivity index (χ1n) is 5.02. The van der Waals surface area contributed by atoms with Crippen LogP contribution < -0.4 is 5.73 Å². The number of hydrogen-bond donors (Lipinski definition) is 3. The van der Waals surface area contributed by atoms with Gasteiger partial charge in [0.15, 0.2) is 0 Å². The lowest BCUT2D eigenvalue weighted by Gasteiger charge is -2.17. The molecule has 5 nitrogen and oxygen atoms in total. The molecule has 3 atom stereocenters. The zero-order valence-corrected chi connectivity index (χ0v) is 10.0. The van der Waals surface area contributed by atoms with E-state index in [0.29, 0.717) is 5.75 Å². The van der Waals surface area contributed by atoms with Gasteiger partial charge in [-0.05, 0) is 12.3 Å². The minimum atomic E-state index is -2.66. The van der Waals surface area contributed by atoms with Crippen LogP contribution in [0, 0.1) is 10.7 Å². The summed E-state index contributed by atoms with van der Waals surface area (Å²) in [5, 5.41) is 8.65. The standard InChI is InChI=1S/C9H20N2O3S/c1-3-4-5-15(11,14)6-7(2)8(10)9(12)13/h7-8,11H,3-6,10H2,1-2H3,(H,12,13)/t7?,8-,15?/m0/s1. The molecule has 2 unspecified atom stereocenters. The molecule has 90 valence electrons. The highest BCUT2D eigenvalue weighted by Gasteiger charge is 2.23. The van der Waals surface area contributed by atoms with Crippen molar-refractivity contribution in [2.75, 3.05) is 11.5 Å². The number of nitrogens with two attached hydrogens (primary N) is 1. The second kappa shape index (κ2) is 6.07. The maximum atomic E-state index is 11.7. The lowest BCUT2D eigenvalue weighted by atomic mass is 10.1. The van der Waals surface area contributed by atoms with Gasteiger partial charge in [-0.3, -0.25) is 9.57 Å². The summed E-state index contributed by atoms with van der Waals surface area (Å²) in [7, 11) is -2.66. The number of carboxylic acid groups (broad SMARTS) is 1. The minimum Gasteiger partial charge on any atom is -0.480 e. The predicted molar refractivity (Wildman–Crippen MR) is 60.3 cm³/mol. The molecule has 15 heavy (non-hydrogen) atoms. The number of rotatable bonds is 7. The largest absolute Gasteiger partial charge is 0.480 e. The Morgan fingerprint density at radius 2 is 2.13 bits per heavy atom. The topological polar surface area (TPSA) is 104 Å². The van der Waals surface area contributed by atoms with Crippen LogP contribution >= 0.6 is 0 Å². The van der Waals surface area contributed by atoms with E-state index >= 15 is 0 Å². The van der Waals surface area contributed by atoms with Crippen LogP contribution in [0.5, 0.6) is 0 Å². The summed E-state index contributed by atoms with van der Waals surface area (Å²) >= 11 is 0. The molecule has 0 heterocycles. The highest BCUT2D eigenvalue weighted by molar-refractivity contribution is 7.92.